The predicted molar refractivity (Wildman–Crippen MR) is 115 cm³/mol. The first-order valence-electron chi connectivity index (χ1n) is 9.70. The van der Waals surface area contributed by atoms with Gasteiger partial charge in [0.25, 0.3) is 0 Å². The van der Waals surface area contributed by atoms with Crippen LogP contribution in [0.15, 0.2) is 36.4 Å². The van der Waals surface area contributed by atoms with Crippen LogP contribution in [-0.4, -0.2) is 28.6 Å². The summed E-state index contributed by atoms with van der Waals surface area (Å²) in [6.45, 7) is 2.26. The Bertz CT molecular complexity index is 917. The minimum Gasteiger partial charge on any atom is -0.489 e. The number of rotatable bonds is 6. The molecule has 1 fully saturated rings. The SMILES string of the molecule is Cc1cc(OCc2ccccc2I)c(CN2CCCC[C@H]2C(=O)O)cc1C(F)(F)F. The molecule has 1 atom stereocenters. The highest BCUT2D eigenvalue weighted by Gasteiger charge is 2.35. The highest BCUT2D eigenvalue weighted by atomic mass is 127. The van der Waals surface area contributed by atoms with Crippen molar-refractivity contribution in [3.63, 3.8) is 0 Å². The number of aryl methyl sites for hydroxylation is 1. The van der Waals surface area contributed by atoms with E-state index in [1.807, 2.05) is 24.3 Å². The maximum Gasteiger partial charge on any atom is 0.416 e. The molecular weight excluding hydrogens is 510 g/mol. The van der Waals surface area contributed by atoms with Gasteiger partial charge in [-0.2, -0.15) is 13.2 Å². The summed E-state index contributed by atoms with van der Waals surface area (Å²) in [6, 6.07) is 9.44. The van der Waals surface area contributed by atoms with E-state index < -0.39 is 23.8 Å². The molecule has 2 aromatic carbocycles. The number of hydrogen-bond donors (Lipinski definition) is 1. The smallest absolute Gasteiger partial charge is 0.416 e. The summed E-state index contributed by atoms with van der Waals surface area (Å²) in [5.41, 5.74) is 0.649. The second-order valence-electron chi connectivity index (χ2n) is 7.47. The van der Waals surface area contributed by atoms with Crippen molar-refractivity contribution >= 4 is 28.6 Å². The Balaban J connectivity index is 1.93. The number of piperidine rings is 1. The van der Waals surface area contributed by atoms with E-state index in [0.717, 1.165) is 28.0 Å². The molecule has 4 nitrogen and oxygen atoms in total. The molecule has 0 bridgehead atoms. The van der Waals surface area contributed by atoms with Gasteiger partial charge in [0.2, 0.25) is 0 Å². The Morgan fingerprint density at radius 1 is 1.23 bits per heavy atom. The van der Waals surface area contributed by atoms with Crippen LogP contribution < -0.4 is 4.74 Å². The normalized spacial score (nSPS) is 17.7. The van der Waals surface area contributed by atoms with E-state index in [9.17, 15) is 23.1 Å². The number of carboxylic acids is 1. The maximum atomic E-state index is 13.5. The van der Waals surface area contributed by atoms with Crippen molar-refractivity contribution < 1.29 is 27.8 Å². The average molecular weight is 533 g/mol. The Morgan fingerprint density at radius 3 is 2.63 bits per heavy atom. The molecule has 8 heteroatoms. The standard InChI is InChI=1S/C22H23F3INO3/c1-14-10-20(30-13-15-6-2-3-7-18(15)26)16(11-17(14)22(23,24)25)12-27-9-5-4-8-19(27)21(28)29/h2-3,6-7,10-11,19H,4-5,8-9,12-13H2,1H3,(H,28,29)/t19-/m0/s1. The van der Waals surface area contributed by atoms with E-state index in [0.29, 0.717) is 24.3 Å². The van der Waals surface area contributed by atoms with Crippen molar-refractivity contribution in [2.75, 3.05) is 6.54 Å². The van der Waals surface area contributed by atoms with Crippen LogP contribution in [0.4, 0.5) is 13.2 Å². The third kappa shape index (κ3) is 5.46. The third-order valence-corrected chi connectivity index (χ3v) is 6.38. The molecule has 1 aliphatic rings. The fourth-order valence-electron chi connectivity index (χ4n) is 3.74. The minimum atomic E-state index is -4.49. The lowest BCUT2D eigenvalue weighted by molar-refractivity contribution is -0.145. The van der Waals surface area contributed by atoms with Crippen LogP contribution in [0.3, 0.4) is 0 Å². The van der Waals surface area contributed by atoms with Gasteiger partial charge in [-0.05, 0) is 72.7 Å². The fourth-order valence-corrected chi connectivity index (χ4v) is 4.28. The summed E-state index contributed by atoms with van der Waals surface area (Å²) in [5, 5.41) is 9.51. The summed E-state index contributed by atoms with van der Waals surface area (Å²) < 4.78 is 47.4. The Hall–Kier alpha value is -1.81. The van der Waals surface area contributed by atoms with E-state index in [-0.39, 0.29) is 18.7 Å². The van der Waals surface area contributed by atoms with Gasteiger partial charge in [0, 0.05) is 21.2 Å². The molecule has 3 rings (SSSR count). The molecule has 0 aromatic heterocycles. The molecule has 0 amide bonds. The van der Waals surface area contributed by atoms with Gasteiger partial charge in [-0.1, -0.05) is 24.6 Å². The van der Waals surface area contributed by atoms with E-state index >= 15 is 0 Å². The summed E-state index contributed by atoms with van der Waals surface area (Å²) in [5.74, 6) is -0.589. The molecule has 1 aliphatic heterocycles. The fraction of sp³-hybridized carbons (Fsp3) is 0.409. The Labute approximate surface area is 187 Å². The van der Waals surface area contributed by atoms with Crippen LogP contribution in [0, 0.1) is 10.5 Å². The number of nitrogens with zero attached hydrogens (tertiary/aromatic N) is 1. The molecule has 0 spiro atoms. The van der Waals surface area contributed by atoms with Gasteiger partial charge < -0.3 is 9.84 Å². The van der Waals surface area contributed by atoms with Crippen LogP contribution in [-0.2, 0) is 24.1 Å². The van der Waals surface area contributed by atoms with E-state index in [1.54, 1.807) is 4.90 Å². The van der Waals surface area contributed by atoms with Crippen molar-refractivity contribution in [1.82, 2.24) is 4.90 Å². The number of halogens is 4. The molecule has 0 saturated carbocycles. The number of ether oxygens (including phenoxy) is 1. The molecule has 162 valence electrons. The zero-order valence-corrected chi connectivity index (χ0v) is 18.7. The van der Waals surface area contributed by atoms with E-state index in [4.69, 9.17) is 4.74 Å². The molecule has 0 radical (unpaired) electrons. The molecule has 0 unspecified atom stereocenters. The topological polar surface area (TPSA) is 49.8 Å². The molecule has 1 N–H and O–H groups in total. The molecule has 1 heterocycles. The Morgan fingerprint density at radius 2 is 1.97 bits per heavy atom. The lowest BCUT2D eigenvalue weighted by Crippen LogP contribution is -2.44. The number of likely N-dealkylation sites (tertiary alicyclic amines) is 1. The number of carboxylic acid groups (broad SMARTS) is 1. The van der Waals surface area contributed by atoms with Crippen LogP contribution in [0.25, 0.3) is 0 Å². The monoisotopic (exact) mass is 533 g/mol. The first-order valence-corrected chi connectivity index (χ1v) is 10.8. The van der Waals surface area contributed by atoms with Gasteiger partial charge in [-0.3, -0.25) is 9.69 Å². The van der Waals surface area contributed by atoms with Gasteiger partial charge in [0.15, 0.2) is 0 Å². The number of aliphatic carboxylic acids is 1. The quantitative estimate of drug-likeness (QED) is 0.489. The number of benzene rings is 2. The van der Waals surface area contributed by atoms with Crippen LogP contribution in [0.5, 0.6) is 5.75 Å². The zero-order chi connectivity index (χ0) is 21.9. The van der Waals surface area contributed by atoms with Gasteiger partial charge in [-0.15, -0.1) is 0 Å². The first kappa shape index (κ1) is 22.9. The molecular formula is C22H23F3INO3. The molecule has 1 saturated heterocycles. The molecule has 2 aromatic rings. The number of hydrogen-bond acceptors (Lipinski definition) is 3. The second kappa shape index (κ2) is 9.55. The lowest BCUT2D eigenvalue weighted by Gasteiger charge is -2.33. The van der Waals surface area contributed by atoms with Gasteiger partial charge in [0.1, 0.15) is 18.4 Å². The highest BCUT2D eigenvalue weighted by Crippen LogP contribution is 2.37. The van der Waals surface area contributed by atoms with Crippen LogP contribution in [0.1, 0.15) is 41.5 Å². The van der Waals surface area contributed by atoms with Crippen molar-refractivity contribution in [3.8, 4) is 5.75 Å². The van der Waals surface area contributed by atoms with Gasteiger partial charge >= 0.3 is 12.1 Å². The number of alkyl halides is 3. The van der Waals surface area contributed by atoms with Crippen molar-refractivity contribution in [2.45, 2.75) is 51.6 Å². The van der Waals surface area contributed by atoms with Crippen molar-refractivity contribution in [1.29, 1.82) is 0 Å². The Kier molecular flexibility index (Phi) is 7.28. The first-order chi connectivity index (χ1) is 14.2. The van der Waals surface area contributed by atoms with Crippen LogP contribution >= 0.6 is 22.6 Å². The number of carbonyl (C=O) groups is 1. The summed E-state index contributed by atoms with van der Waals surface area (Å²) in [4.78, 5) is 13.3. The third-order valence-electron chi connectivity index (χ3n) is 5.33. The lowest BCUT2D eigenvalue weighted by atomic mass is 9.99. The van der Waals surface area contributed by atoms with Gasteiger partial charge in [-0.25, -0.2) is 0 Å². The maximum absolute atomic E-state index is 13.5. The largest absolute Gasteiger partial charge is 0.489 e. The van der Waals surface area contributed by atoms with Crippen LogP contribution in [0.2, 0.25) is 0 Å². The minimum absolute atomic E-state index is 0.0810. The predicted octanol–water partition coefficient (Wildman–Crippen LogP) is 5.64. The summed E-state index contributed by atoms with van der Waals surface area (Å²) in [7, 11) is 0. The van der Waals surface area contributed by atoms with Gasteiger partial charge in [0.05, 0.1) is 5.56 Å². The second-order valence-corrected chi connectivity index (χ2v) is 8.64. The zero-order valence-electron chi connectivity index (χ0n) is 16.5. The van der Waals surface area contributed by atoms with Crippen molar-refractivity contribution in [3.05, 3.63) is 62.2 Å². The van der Waals surface area contributed by atoms with Crippen molar-refractivity contribution in [2.24, 2.45) is 0 Å². The highest BCUT2D eigenvalue weighted by molar-refractivity contribution is 14.1. The summed E-state index contributed by atoms with van der Waals surface area (Å²) >= 11 is 2.19. The average Bonchev–Trinajstić information content (AvgIpc) is 2.68. The molecule has 0 aliphatic carbocycles. The molecule has 30 heavy (non-hydrogen) atoms. The van der Waals surface area contributed by atoms with E-state index in [1.165, 1.54) is 13.0 Å². The van der Waals surface area contributed by atoms with E-state index in [2.05, 4.69) is 22.6 Å². The summed E-state index contributed by atoms with van der Waals surface area (Å²) in [6.07, 6.45) is -2.38.